The van der Waals surface area contributed by atoms with Crippen LogP contribution in [0, 0.1) is 5.82 Å². The van der Waals surface area contributed by atoms with Crippen LogP contribution in [-0.2, 0) is 4.74 Å². The number of nitrogens with zero attached hydrogens (tertiary/aromatic N) is 6. The molecule has 2 unspecified atom stereocenters. The molecule has 6 heterocycles. The number of ether oxygens (including phenoxy) is 2. The number of hydrogen-bond donors (Lipinski definition) is 1. The number of halogens is 1. The molecule has 7 rings (SSSR count). The Morgan fingerprint density at radius 1 is 1.12 bits per heavy atom. The van der Waals surface area contributed by atoms with Gasteiger partial charge in [0.15, 0.2) is 5.82 Å². The van der Waals surface area contributed by atoms with E-state index in [0.717, 1.165) is 51.6 Å². The Hall–Kier alpha value is -3.73. The molecular formula is C32H39FN6O4. The van der Waals surface area contributed by atoms with Gasteiger partial charge >= 0.3 is 12.1 Å². The van der Waals surface area contributed by atoms with E-state index in [1.807, 2.05) is 25.7 Å². The summed E-state index contributed by atoms with van der Waals surface area (Å²) in [5, 5.41) is 10.5. The number of pyridine rings is 1. The second-order valence-corrected chi connectivity index (χ2v) is 13.4. The number of amides is 1. The van der Waals surface area contributed by atoms with Crippen LogP contribution in [0.5, 0.6) is 11.8 Å². The van der Waals surface area contributed by atoms with Gasteiger partial charge in [-0.1, -0.05) is 12.1 Å². The number of piperazine rings is 1. The molecule has 11 heteroatoms. The third-order valence-corrected chi connectivity index (χ3v) is 9.43. The van der Waals surface area contributed by atoms with Crippen LogP contribution in [0.2, 0.25) is 0 Å². The van der Waals surface area contributed by atoms with Gasteiger partial charge in [0.2, 0.25) is 0 Å². The monoisotopic (exact) mass is 590 g/mol. The van der Waals surface area contributed by atoms with Crippen LogP contribution in [0.1, 0.15) is 59.3 Å². The van der Waals surface area contributed by atoms with E-state index in [-0.39, 0.29) is 46.7 Å². The van der Waals surface area contributed by atoms with Gasteiger partial charge in [0.1, 0.15) is 35.0 Å². The van der Waals surface area contributed by atoms with Crippen molar-refractivity contribution in [1.82, 2.24) is 24.8 Å². The summed E-state index contributed by atoms with van der Waals surface area (Å²) in [4.78, 5) is 33.5. The van der Waals surface area contributed by atoms with E-state index < -0.39 is 11.4 Å². The zero-order valence-electron chi connectivity index (χ0n) is 25.1. The third-order valence-electron chi connectivity index (χ3n) is 9.43. The minimum Gasteiger partial charge on any atom is -0.508 e. The normalized spacial score (nSPS) is 23.2. The minimum atomic E-state index is -0.589. The molecule has 0 aliphatic carbocycles. The van der Waals surface area contributed by atoms with Crippen LogP contribution in [0.15, 0.2) is 30.5 Å². The summed E-state index contributed by atoms with van der Waals surface area (Å²) >= 11 is 0. The van der Waals surface area contributed by atoms with Crippen molar-refractivity contribution in [3.63, 3.8) is 0 Å². The van der Waals surface area contributed by atoms with Crippen molar-refractivity contribution >= 4 is 22.8 Å². The van der Waals surface area contributed by atoms with Crippen LogP contribution in [0.4, 0.5) is 15.0 Å². The topological polar surface area (TPSA) is 104 Å². The molecule has 1 N–H and O–H groups in total. The van der Waals surface area contributed by atoms with Gasteiger partial charge in [-0.15, -0.1) is 0 Å². The molecule has 228 valence electrons. The molecule has 0 radical (unpaired) electrons. The van der Waals surface area contributed by atoms with Crippen LogP contribution in [0.25, 0.3) is 22.2 Å². The van der Waals surface area contributed by atoms with Gasteiger partial charge in [0.25, 0.3) is 0 Å². The molecule has 4 saturated heterocycles. The molecule has 0 spiro atoms. The van der Waals surface area contributed by atoms with Crippen molar-refractivity contribution in [2.45, 2.75) is 82.5 Å². The fraction of sp³-hybridized carbons (Fsp3) is 0.562. The summed E-state index contributed by atoms with van der Waals surface area (Å²) in [6.07, 6.45) is 7.46. The SMILES string of the molecule is CC(C)(C)OC(=O)N1C2CCC1CN(c1nc(OCC34CCCN3CCC4)nc3c(F)c(-c4cccc(O)c4)ncc13)C2. The fourth-order valence-corrected chi connectivity index (χ4v) is 7.53. The largest absolute Gasteiger partial charge is 0.508 e. The number of anilines is 1. The van der Waals surface area contributed by atoms with Gasteiger partial charge in [-0.2, -0.15) is 9.97 Å². The van der Waals surface area contributed by atoms with E-state index in [1.54, 1.807) is 18.3 Å². The van der Waals surface area contributed by atoms with Gasteiger partial charge in [-0.25, -0.2) is 9.18 Å². The molecule has 4 aliphatic rings. The fourth-order valence-electron chi connectivity index (χ4n) is 7.53. The average Bonchev–Trinajstić information content (AvgIpc) is 3.62. The molecule has 2 atom stereocenters. The van der Waals surface area contributed by atoms with Crippen LogP contribution >= 0.6 is 0 Å². The molecule has 4 fully saturated rings. The lowest BCUT2D eigenvalue weighted by Crippen LogP contribution is -2.57. The Kier molecular flexibility index (Phi) is 6.83. The number of aromatic hydroxyl groups is 1. The zero-order valence-corrected chi connectivity index (χ0v) is 25.1. The van der Waals surface area contributed by atoms with Crippen molar-refractivity contribution in [2.75, 3.05) is 37.7 Å². The Morgan fingerprint density at radius 2 is 1.84 bits per heavy atom. The van der Waals surface area contributed by atoms with Crippen molar-refractivity contribution in [2.24, 2.45) is 0 Å². The Balaban J connectivity index is 1.25. The maximum absolute atomic E-state index is 16.3. The zero-order chi connectivity index (χ0) is 29.9. The van der Waals surface area contributed by atoms with Gasteiger partial charge in [0.05, 0.1) is 23.0 Å². The summed E-state index contributed by atoms with van der Waals surface area (Å²) in [7, 11) is 0. The molecule has 1 amide bonds. The highest BCUT2D eigenvalue weighted by Gasteiger charge is 2.46. The van der Waals surface area contributed by atoms with E-state index in [4.69, 9.17) is 14.5 Å². The Labute approximate surface area is 250 Å². The quantitative estimate of drug-likeness (QED) is 0.433. The van der Waals surface area contributed by atoms with Gasteiger partial charge in [0, 0.05) is 24.8 Å². The molecule has 43 heavy (non-hydrogen) atoms. The number of carbonyl (C=O) groups is 1. The van der Waals surface area contributed by atoms with Crippen LogP contribution in [-0.4, -0.2) is 92.0 Å². The maximum atomic E-state index is 16.3. The first kappa shape index (κ1) is 28.1. The summed E-state index contributed by atoms with van der Waals surface area (Å²) in [5.74, 6) is -0.00301. The first-order chi connectivity index (χ1) is 20.6. The highest BCUT2D eigenvalue weighted by Crippen LogP contribution is 2.41. The lowest BCUT2D eigenvalue weighted by atomic mass is 9.95. The average molecular weight is 591 g/mol. The predicted molar refractivity (Wildman–Crippen MR) is 160 cm³/mol. The number of fused-ring (bicyclic) bond motifs is 4. The Bertz CT molecular complexity index is 1540. The van der Waals surface area contributed by atoms with Crippen LogP contribution < -0.4 is 9.64 Å². The second kappa shape index (κ2) is 10.5. The van der Waals surface area contributed by atoms with Crippen LogP contribution in [0.3, 0.4) is 0 Å². The molecule has 3 aromatic rings. The highest BCUT2D eigenvalue weighted by molar-refractivity contribution is 5.92. The molecule has 4 aliphatic heterocycles. The minimum absolute atomic E-state index is 0.0137. The molecule has 1 aromatic carbocycles. The number of hydrogen-bond acceptors (Lipinski definition) is 9. The van der Waals surface area contributed by atoms with Gasteiger partial charge < -0.3 is 19.5 Å². The number of rotatable bonds is 5. The number of aromatic nitrogens is 3. The third kappa shape index (κ3) is 5.11. The van der Waals surface area contributed by atoms with E-state index in [0.29, 0.717) is 36.5 Å². The summed E-state index contributed by atoms with van der Waals surface area (Å²) in [6.45, 7) is 9.31. The number of phenolic OH excluding ortho intramolecular Hbond substituents is 1. The van der Waals surface area contributed by atoms with Gasteiger partial charge in [-0.05, 0) is 84.5 Å². The second-order valence-electron chi connectivity index (χ2n) is 13.4. The number of carbonyl (C=O) groups excluding carboxylic acids is 1. The lowest BCUT2D eigenvalue weighted by Gasteiger charge is -2.42. The summed E-state index contributed by atoms with van der Waals surface area (Å²) in [5.41, 5.74) is 0.0951. The highest BCUT2D eigenvalue weighted by atomic mass is 19.1. The summed E-state index contributed by atoms with van der Waals surface area (Å²) in [6, 6.07) is 6.44. The lowest BCUT2D eigenvalue weighted by molar-refractivity contribution is 0.0122. The van der Waals surface area contributed by atoms with E-state index in [9.17, 15) is 9.90 Å². The molecule has 2 aromatic heterocycles. The van der Waals surface area contributed by atoms with Crippen molar-refractivity contribution < 1.29 is 23.8 Å². The van der Waals surface area contributed by atoms with Gasteiger partial charge in [-0.3, -0.25) is 14.8 Å². The van der Waals surface area contributed by atoms with E-state index in [2.05, 4.69) is 19.8 Å². The molecule has 10 nitrogen and oxygen atoms in total. The Morgan fingerprint density at radius 3 is 2.51 bits per heavy atom. The first-order valence-corrected chi connectivity index (χ1v) is 15.4. The maximum Gasteiger partial charge on any atom is 0.410 e. The standard InChI is InChI=1S/C32H39FN6O4/c1-31(2,3)43-30(41)39-21-9-10-22(39)18-37(17-21)28-24-16-34-26(20-7-4-8-23(40)15-20)25(33)27(24)35-29(36-28)42-19-32-11-5-13-38(32)14-6-12-32/h4,7-8,15-16,21-22,40H,5-6,9-14,17-19H2,1-3H3. The number of benzene rings is 1. The smallest absolute Gasteiger partial charge is 0.410 e. The van der Waals surface area contributed by atoms with E-state index >= 15 is 4.39 Å². The van der Waals surface area contributed by atoms with Crippen molar-refractivity contribution in [1.29, 1.82) is 0 Å². The van der Waals surface area contributed by atoms with E-state index in [1.165, 1.54) is 12.1 Å². The predicted octanol–water partition coefficient (Wildman–Crippen LogP) is 5.13. The summed E-state index contributed by atoms with van der Waals surface area (Å²) < 4.78 is 28.3. The molecule has 2 bridgehead atoms. The molecule has 0 saturated carbocycles. The first-order valence-electron chi connectivity index (χ1n) is 15.4. The van der Waals surface area contributed by atoms with Crippen molar-refractivity contribution in [3.8, 4) is 23.0 Å². The number of phenols is 1. The molecular weight excluding hydrogens is 551 g/mol. The van der Waals surface area contributed by atoms with Crippen molar-refractivity contribution in [3.05, 3.63) is 36.3 Å².